The number of nitrogens with zero attached hydrogens (tertiary/aromatic N) is 2. The van der Waals surface area contributed by atoms with Crippen LogP contribution in [0.15, 0.2) is 64.5 Å². The number of methoxy groups -OCH3 is 1. The van der Waals surface area contributed by atoms with E-state index >= 15 is 0 Å². The molecular formula is C26H23FN4O4S. The first-order valence-electron chi connectivity index (χ1n) is 11.0. The van der Waals surface area contributed by atoms with Crippen LogP contribution in [0.1, 0.15) is 29.0 Å². The third-order valence-corrected chi connectivity index (χ3v) is 7.33. The van der Waals surface area contributed by atoms with E-state index in [1.165, 1.54) is 31.4 Å². The van der Waals surface area contributed by atoms with Crippen LogP contribution in [0.2, 0.25) is 0 Å². The summed E-state index contributed by atoms with van der Waals surface area (Å²) in [5.41, 5.74) is 9.25. The number of hydrogen-bond acceptors (Lipinski definition) is 7. The number of carbonyl (C=O) groups is 3. The molecule has 0 aromatic heterocycles. The van der Waals surface area contributed by atoms with Gasteiger partial charge in [-0.05, 0) is 43.2 Å². The first-order valence-corrected chi connectivity index (χ1v) is 11.9. The molecule has 10 heteroatoms. The number of thioether (sulfide) groups is 1. The summed E-state index contributed by atoms with van der Waals surface area (Å²) in [5.74, 6) is -3.24. The molecule has 0 aliphatic carbocycles. The second-order valence-corrected chi connectivity index (χ2v) is 9.64. The van der Waals surface area contributed by atoms with Crippen molar-refractivity contribution in [2.75, 3.05) is 12.4 Å². The van der Waals surface area contributed by atoms with E-state index in [0.717, 1.165) is 27.8 Å². The molecule has 8 nitrogen and oxygen atoms in total. The third kappa shape index (κ3) is 4.45. The molecule has 0 spiro atoms. The van der Waals surface area contributed by atoms with Gasteiger partial charge in [0.1, 0.15) is 16.9 Å². The summed E-state index contributed by atoms with van der Waals surface area (Å²) in [6, 6.07) is 13.0. The van der Waals surface area contributed by atoms with Gasteiger partial charge in [-0.1, -0.05) is 41.6 Å². The Balaban J connectivity index is 1.88. The number of anilines is 1. The predicted octanol–water partition coefficient (Wildman–Crippen LogP) is 3.59. The number of nitrogens with two attached hydrogens (primary N) is 1. The lowest BCUT2D eigenvalue weighted by Gasteiger charge is -2.32. The number of carbonyl (C=O) groups excluding carboxylic acids is 3. The van der Waals surface area contributed by atoms with Crippen LogP contribution in [0.4, 0.5) is 10.1 Å². The number of halogens is 1. The van der Waals surface area contributed by atoms with Crippen molar-refractivity contribution in [2.45, 2.75) is 31.4 Å². The number of aryl methyl sites for hydroxylation is 2. The van der Waals surface area contributed by atoms with Crippen molar-refractivity contribution in [3.63, 3.8) is 0 Å². The Hall–Kier alpha value is -4.10. The van der Waals surface area contributed by atoms with Crippen LogP contribution >= 0.6 is 11.8 Å². The molecule has 1 saturated heterocycles. The van der Waals surface area contributed by atoms with Gasteiger partial charge < -0.3 is 15.8 Å². The molecule has 0 radical (unpaired) electrons. The Bertz CT molecular complexity index is 1380. The normalized spacial score (nSPS) is 19.2. The summed E-state index contributed by atoms with van der Waals surface area (Å²) in [6.45, 7) is 3.78. The highest BCUT2D eigenvalue weighted by Crippen LogP contribution is 2.50. The Morgan fingerprint density at radius 3 is 2.53 bits per heavy atom. The quantitative estimate of drug-likeness (QED) is 0.594. The molecule has 0 saturated carbocycles. The fourth-order valence-corrected chi connectivity index (χ4v) is 5.60. The number of ether oxygens (including phenoxy) is 1. The number of benzene rings is 2. The molecule has 3 N–H and O–H groups in total. The molecule has 0 unspecified atom stereocenters. The van der Waals surface area contributed by atoms with Gasteiger partial charge in [0, 0.05) is 5.69 Å². The van der Waals surface area contributed by atoms with Gasteiger partial charge in [0.25, 0.3) is 5.91 Å². The summed E-state index contributed by atoms with van der Waals surface area (Å²) >= 11 is 1.01. The summed E-state index contributed by atoms with van der Waals surface area (Å²) in [4.78, 5) is 40.1. The van der Waals surface area contributed by atoms with E-state index in [-0.39, 0.29) is 28.4 Å². The van der Waals surface area contributed by atoms with E-state index in [4.69, 9.17) is 10.5 Å². The maximum absolute atomic E-state index is 13.8. The molecule has 36 heavy (non-hydrogen) atoms. The van der Waals surface area contributed by atoms with Gasteiger partial charge in [0.2, 0.25) is 5.91 Å². The zero-order chi connectivity index (χ0) is 26.1. The molecule has 2 aromatic carbocycles. The number of nitriles is 1. The highest BCUT2D eigenvalue weighted by atomic mass is 32.2. The number of hydrogen-bond donors (Lipinski definition) is 2. The smallest absolute Gasteiger partial charge is 0.307 e. The van der Waals surface area contributed by atoms with Crippen LogP contribution in [0.5, 0.6) is 0 Å². The lowest BCUT2D eigenvalue weighted by Crippen LogP contribution is -2.39. The van der Waals surface area contributed by atoms with Gasteiger partial charge in [-0.25, -0.2) is 4.39 Å². The minimum atomic E-state index is -0.954. The van der Waals surface area contributed by atoms with E-state index in [1.54, 1.807) is 6.07 Å². The maximum Gasteiger partial charge on any atom is 0.307 e. The van der Waals surface area contributed by atoms with Crippen molar-refractivity contribution in [2.24, 2.45) is 5.73 Å². The van der Waals surface area contributed by atoms with E-state index in [2.05, 4.69) is 5.32 Å². The average molecular weight is 507 g/mol. The third-order valence-electron chi connectivity index (χ3n) is 6.06. The molecule has 2 heterocycles. The highest BCUT2D eigenvalue weighted by Gasteiger charge is 2.48. The molecular weight excluding hydrogens is 483 g/mol. The number of esters is 1. The van der Waals surface area contributed by atoms with Gasteiger partial charge in [-0.3, -0.25) is 19.3 Å². The zero-order valence-corrected chi connectivity index (χ0v) is 20.6. The molecule has 4 rings (SSSR count). The molecule has 2 aliphatic rings. The van der Waals surface area contributed by atoms with Crippen LogP contribution in [-0.4, -0.2) is 35.0 Å². The summed E-state index contributed by atoms with van der Waals surface area (Å²) in [5, 5.41) is 12.3. The average Bonchev–Trinajstić information content (AvgIpc) is 3.16. The Morgan fingerprint density at radius 1 is 1.22 bits per heavy atom. The van der Waals surface area contributed by atoms with Gasteiger partial charge in [0.05, 0.1) is 41.7 Å². The molecule has 2 aromatic rings. The maximum atomic E-state index is 13.8. The molecule has 2 atom stereocenters. The zero-order valence-electron chi connectivity index (χ0n) is 19.8. The van der Waals surface area contributed by atoms with Gasteiger partial charge in [0.15, 0.2) is 0 Å². The van der Waals surface area contributed by atoms with E-state index < -0.39 is 34.8 Å². The standard InChI is InChI=1S/C26H23FN4O4S/c1-13-4-9-18(14(2)10-13)30-24(33)22-21(15-5-7-16(27)8-6-15)17(12-28)23(29)31-25(34)19(36-26(22)31)11-20(32)35-3/h4-10,19,21H,11,29H2,1-3H3,(H,30,33)/t19-,21-/m1/s1. The molecule has 0 bridgehead atoms. The minimum absolute atomic E-state index is 0.0243. The highest BCUT2D eigenvalue weighted by molar-refractivity contribution is 8.04. The summed E-state index contributed by atoms with van der Waals surface area (Å²) in [7, 11) is 1.22. The minimum Gasteiger partial charge on any atom is -0.469 e. The van der Waals surface area contributed by atoms with Crippen molar-refractivity contribution in [1.82, 2.24) is 4.90 Å². The SMILES string of the molecule is COC(=O)C[C@H]1SC2=C(C(=O)Nc3ccc(C)cc3C)[C@H](c3ccc(F)cc3)C(C#N)=C(N)N2C1=O. The Kier molecular flexibility index (Phi) is 6.86. The molecule has 2 aliphatic heterocycles. The van der Waals surface area contributed by atoms with Gasteiger partial charge in [-0.15, -0.1) is 0 Å². The van der Waals surface area contributed by atoms with E-state index in [0.29, 0.717) is 11.3 Å². The van der Waals surface area contributed by atoms with Gasteiger partial charge in [-0.2, -0.15) is 5.26 Å². The Morgan fingerprint density at radius 2 is 1.92 bits per heavy atom. The van der Waals surface area contributed by atoms with E-state index in [9.17, 15) is 24.0 Å². The van der Waals surface area contributed by atoms with Crippen LogP contribution in [0.3, 0.4) is 0 Å². The van der Waals surface area contributed by atoms with E-state index in [1.807, 2.05) is 32.0 Å². The monoisotopic (exact) mass is 506 g/mol. The lowest BCUT2D eigenvalue weighted by molar-refractivity contribution is -0.142. The molecule has 2 amide bonds. The molecule has 1 fully saturated rings. The summed E-state index contributed by atoms with van der Waals surface area (Å²) < 4.78 is 18.4. The Labute approximate surface area is 211 Å². The first-order chi connectivity index (χ1) is 17.2. The lowest BCUT2D eigenvalue weighted by atomic mass is 9.82. The predicted molar refractivity (Wildman–Crippen MR) is 132 cm³/mol. The van der Waals surface area contributed by atoms with Crippen LogP contribution < -0.4 is 11.1 Å². The number of nitrogens with one attached hydrogen (secondary N) is 1. The van der Waals surface area contributed by atoms with Crippen molar-refractivity contribution in [3.8, 4) is 6.07 Å². The van der Waals surface area contributed by atoms with Crippen LogP contribution in [0, 0.1) is 31.0 Å². The molecule has 184 valence electrons. The number of allylic oxidation sites excluding steroid dienone is 1. The van der Waals surface area contributed by atoms with Crippen LogP contribution in [0.25, 0.3) is 0 Å². The van der Waals surface area contributed by atoms with Crippen molar-refractivity contribution < 1.29 is 23.5 Å². The topological polar surface area (TPSA) is 126 Å². The fourth-order valence-electron chi connectivity index (χ4n) is 4.28. The second kappa shape index (κ2) is 9.87. The number of rotatable bonds is 5. The van der Waals surface area contributed by atoms with Crippen LogP contribution in [-0.2, 0) is 19.1 Å². The van der Waals surface area contributed by atoms with Crippen molar-refractivity contribution in [3.05, 3.63) is 87.0 Å². The van der Waals surface area contributed by atoms with Gasteiger partial charge >= 0.3 is 5.97 Å². The number of fused-ring (bicyclic) bond motifs is 1. The number of amides is 2. The second-order valence-electron chi connectivity index (χ2n) is 8.45. The largest absolute Gasteiger partial charge is 0.469 e. The van der Waals surface area contributed by atoms with Crippen molar-refractivity contribution >= 4 is 35.2 Å². The first kappa shape index (κ1) is 25.0. The fraction of sp³-hybridized carbons (Fsp3) is 0.231. The summed E-state index contributed by atoms with van der Waals surface area (Å²) in [6.07, 6.45) is -0.234. The van der Waals surface area contributed by atoms with Crippen molar-refractivity contribution in [1.29, 1.82) is 5.26 Å².